The maximum atomic E-state index is 15.7. The lowest BCUT2D eigenvalue weighted by Crippen LogP contribution is -2.30. The minimum atomic E-state index is -0.346. The van der Waals surface area contributed by atoms with E-state index in [2.05, 4.69) is 107 Å². The van der Waals surface area contributed by atoms with Gasteiger partial charge in [-0.1, -0.05) is 157 Å². The average molecular weight is 777 g/mol. The Hall–Kier alpha value is -7.30. The third-order valence-corrected chi connectivity index (χ3v) is 12.3. The molecule has 60 heavy (non-hydrogen) atoms. The van der Waals surface area contributed by atoms with Crippen LogP contribution >= 0.6 is 0 Å². The van der Waals surface area contributed by atoms with Crippen molar-refractivity contribution in [3.8, 4) is 50.2 Å². The molecule has 8 aromatic carbocycles. The van der Waals surface area contributed by atoms with E-state index < -0.39 is 0 Å². The minimum Gasteiger partial charge on any atom is -0.307 e. The number of hydrogen-bond acceptors (Lipinski definition) is 2. The van der Waals surface area contributed by atoms with Gasteiger partial charge in [-0.3, -0.25) is 9.59 Å². The maximum Gasteiger partial charge on any atom is 0.268 e. The third kappa shape index (κ3) is 5.66. The van der Waals surface area contributed by atoms with E-state index in [1.165, 1.54) is 49.4 Å². The van der Waals surface area contributed by atoms with Crippen LogP contribution in [0.5, 0.6) is 0 Å². The van der Waals surface area contributed by atoms with Gasteiger partial charge in [0, 0.05) is 33.0 Å². The third-order valence-electron chi connectivity index (χ3n) is 12.3. The van der Waals surface area contributed by atoms with Gasteiger partial charge >= 0.3 is 0 Å². The molecular weight excluding hydrogens is 733 g/mol. The first-order valence-corrected chi connectivity index (χ1v) is 20.6. The summed E-state index contributed by atoms with van der Waals surface area (Å²) in [5.41, 5.74) is 19.1. The molecule has 0 spiro atoms. The van der Waals surface area contributed by atoms with Gasteiger partial charge in [0.15, 0.2) is 0 Å². The highest BCUT2D eigenvalue weighted by atomic mass is 16.2. The number of benzene rings is 8. The molecule has 1 aliphatic heterocycles. The molecule has 9 aromatic rings. The number of rotatable bonds is 6. The van der Waals surface area contributed by atoms with Gasteiger partial charge in [0.1, 0.15) is 0 Å². The summed E-state index contributed by atoms with van der Waals surface area (Å²) in [6.45, 7) is 13.0. The summed E-state index contributed by atoms with van der Waals surface area (Å²) >= 11 is 0. The molecule has 4 heteroatoms. The quantitative estimate of drug-likeness (QED) is 0.158. The number of aromatic nitrogens is 1. The molecule has 0 aliphatic carbocycles. The Morgan fingerprint density at radius 2 is 0.767 bits per heavy atom. The van der Waals surface area contributed by atoms with E-state index in [-0.39, 0.29) is 11.8 Å². The van der Waals surface area contributed by atoms with Crippen LogP contribution < -0.4 is 4.90 Å². The molecule has 2 heterocycles. The maximum absolute atomic E-state index is 15.7. The van der Waals surface area contributed by atoms with Crippen molar-refractivity contribution >= 4 is 39.3 Å². The van der Waals surface area contributed by atoms with Crippen LogP contribution in [-0.4, -0.2) is 16.4 Å². The highest BCUT2D eigenvalue weighted by Gasteiger charge is 2.42. The Balaban J connectivity index is 1.31. The van der Waals surface area contributed by atoms with Gasteiger partial charge in [0.25, 0.3) is 11.8 Å². The topological polar surface area (TPSA) is 42.3 Å². The molecular formula is C56H44N2O2. The molecule has 0 saturated heterocycles. The standard InChI is InChI=1S/C56H44N2O2/c1-33-29-35(3)49(36(4)30-33)45-25-14-23-43-44-24-15-26-46(50-37(5)31-34(2)32-38(50)6)54(44)57(53(43)45)48-28-16-27-47-51(48)56(60)58(55(47)59)52-41(39-17-9-7-10-18-39)21-13-22-42(52)40-19-11-8-12-20-40/h7-32H,1-6H3. The van der Waals surface area contributed by atoms with Crippen LogP contribution in [0.25, 0.3) is 72.0 Å². The van der Waals surface area contributed by atoms with Crippen molar-refractivity contribution in [2.75, 3.05) is 4.90 Å². The summed E-state index contributed by atoms with van der Waals surface area (Å²) < 4.78 is 2.29. The summed E-state index contributed by atoms with van der Waals surface area (Å²) in [6, 6.07) is 53.9. The molecule has 0 radical (unpaired) electrons. The van der Waals surface area contributed by atoms with Crippen molar-refractivity contribution in [1.82, 2.24) is 4.57 Å². The number of imide groups is 1. The number of para-hydroxylation sites is 3. The molecule has 290 valence electrons. The predicted molar refractivity (Wildman–Crippen MR) is 249 cm³/mol. The normalized spacial score (nSPS) is 12.5. The van der Waals surface area contributed by atoms with Gasteiger partial charge in [-0.25, -0.2) is 4.90 Å². The van der Waals surface area contributed by atoms with Crippen molar-refractivity contribution in [3.05, 3.63) is 202 Å². The molecule has 10 rings (SSSR count). The van der Waals surface area contributed by atoms with Gasteiger partial charge in [0.2, 0.25) is 0 Å². The van der Waals surface area contributed by atoms with Gasteiger partial charge in [0.05, 0.1) is 33.5 Å². The van der Waals surface area contributed by atoms with Gasteiger partial charge < -0.3 is 4.57 Å². The molecule has 0 N–H and O–H groups in total. The Morgan fingerprint density at radius 1 is 0.367 bits per heavy atom. The van der Waals surface area contributed by atoms with E-state index in [0.717, 1.165) is 55.2 Å². The zero-order chi connectivity index (χ0) is 41.4. The number of hydrogen-bond donors (Lipinski definition) is 0. The molecule has 0 saturated carbocycles. The zero-order valence-electron chi connectivity index (χ0n) is 34.7. The number of carbonyl (C=O) groups is 2. The minimum absolute atomic E-state index is 0.339. The second-order valence-electron chi connectivity index (χ2n) is 16.4. The smallest absolute Gasteiger partial charge is 0.268 e. The molecule has 0 fully saturated rings. The molecule has 0 bridgehead atoms. The lowest BCUT2D eigenvalue weighted by molar-refractivity contribution is 0.0926. The number of fused-ring (bicyclic) bond motifs is 4. The molecule has 0 atom stereocenters. The van der Waals surface area contributed by atoms with E-state index in [4.69, 9.17) is 0 Å². The van der Waals surface area contributed by atoms with E-state index in [0.29, 0.717) is 22.5 Å². The molecule has 1 aromatic heterocycles. The average Bonchev–Trinajstić information content (AvgIpc) is 3.72. The highest BCUT2D eigenvalue weighted by molar-refractivity contribution is 6.37. The Labute approximate surface area is 351 Å². The Kier molecular flexibility index (Phi) is 8.76. The first-order valence-electron chi connectivity index (χ1n) is 20.6. The number of carbonyl (C=O) groups excluding carboxylic acids is 2. The van der Waals surface area contributed by atoms with E-state index in [1.54, 1.807) is 0 Å². The lowest BCUT2D eigenvalue weighted by Gasteiger charge is -2.23. The van der Waals surface area contributed by atoms with Gasteiger partial charge in [-0.2, -0.15) is 0 Å². The van der Waals surface area contributed by atoms with E-state index >= 15 is 9.59 Å². The molecule has 4 nitrogen and oxygen atoms in total. The summed E-state index contributed by atoms with van der Waals surface area (Å²) in [7, 11) is 0. The molecule has 1 aliphatic rings. The van der Waals surface area contributed by atoms with Crippen LogP contribution in [0.2, 0.25) is 0 Å². The number of amides is 2. The second-order valence-corrected chi connectivity index (χ2v) is 16.4. The van der Waals surface area contributed by atoms with Crippen LogP contribution in [-0.2, 0) is 0 Å². The number of anilines is 1. The van der Waals surface area contributed by atoms with Crippen LogP contribution in [0.3, 0.4) is 0 Å². The number of aryl methyl sites for hydroxylation is 6. The van der Waals surface area contributed by atoms with Crippen molar-refractivity contribution in [3.63, 3.8) is 0 Å². The Bertz CT molecular complexity index is 3030. The summed E-state index contributed by atoms with van der Waals surface area (Å²) in [6.07, 6.45) is 0. The summed E-state index contributed by atoms with van der Waals surface area (Å²) in [4.78, 5) is 32.2. The van der Waals surface area contributed by atoms with Gasteiger partial charge in [-0.15, -0.1) is 0 Å². The summed E-state index contributed by atoms with van der Waals surface area (Å²) in [5, 5.41) is 2.16. The zero-order valence-corrected chi connectivity index (χ0v) is 34.7. The first-order chi connectivity index (χ1) is 29.1. The van der Waals surface area contributed by atoms with Crippen molar-refractivity contribution < 1.29 is 9.59 Å². The fourth-order valence-corrected chi connectivity index (χ4v) is 10.1. The lowest BCUT2D eigenvalue weighted by atomic mass is 9.91. The van der Waals surface area contributed by atoms with E-state index in [9.17, 15) is 0 Å². The fourth-order valence-electron chi connectivity index (χ4n) is 10.1. The van der Waals surface area contributed by atoms with Crippen LogP contribution in [0.15, 0.2) is 158 Å². The SMILES string of the molecule is Cc1cc(C)c(-c2cccc3c4cccc(-c5c(C)cc(C)cc5C)c4n(-c4cccc5c4C(=O)N(c4c(-c6ccccc6)cccc4-c4ccccc4)C5=O)c23)c(C)c1. The second kappa shape index (κ2) is 14.2. The van der Waals surface area contributed by atoms with Crippen LogP contribution in [0.4, 0.5) is 5.69 Å². The fraction of sp³-hybridized carbons (Fsp3) is 0.107. The van der Waals surface area contributed by atoms with Crippen molar-refractivity contribution in [2.24, 2.45) is 0 Å². The highest BCUT2D eigenvalue weighted by Crippen LogP contribution is 2.48. The summed E-state index contributed by atoms with van der Waals surface area (Å²) in [5.74, 6) is -0.685. The molecule has 0 unspecified atom stereocenters. The van der Waals surface area contributed by atoms with E-state index in [1.807, 2.05) is 97.1 Å². The largest absolute Gasteiger partial charge is 0.307 e. The first kappa shape index (κ1) is 37.0. The van der Waals surface area contributed by atoms with Gasteiger partial charge in [-0.05, 0) is 98.2 Å². The predicted octanol–water partition coefficient (Wildman–Crippen LogP) is 14.1. The molecule has 2 amide bonds. The van der Waals surface area contributed by atoms with Crippen molar-refractivity contribution in [2.45, 2.75) is 41.5 Å². The number of nitrogens with zero attached hydrogens (tertiary/aromatic N) is 2. The van der Waals surface area contributed by atoms with Crippen molar-refractivity contribution in [1.29, 1.82) is 0 Å². The Morgan fingerprint density at radius 3 is 1.23 bits per heavy atom. The van der Waals surface area contributed by atoms with Crippen LogP contribution in [0.1, 0.15) is 54.1 Å². The monoisotopic (exact) mass is 776 g/mol. The van der Waals surface area contributed by atoms with Crippen LogP contribution in [0, 0.1) is 41.5 Å².